The van der Waals surface area contributed by atoms with E-state index in [4.69, 9.17) is 0 Å². The SMILES string of the molecule is CC(C)c1cccc2c(-c3[c-]cccc3)nccc12.OC1CCCCC2CCCC(O)C12.[Ir]. The Hall–Kier alpha value is -1.58. The number of fused-ring (bicyclic) bond motifs is 2. The first-order valence-electron chi connectivity index (χ1n) is 12.3. The van der Waals surface area contributed by atoms with Crippen LogP contribution in [-0.2, 0) is 20.1 Å². The quantitative estimate of drug-likeness (QED) is 0.320. The Balaban J connectivity index is 0.000000192. The van der Waals surface area contributed by atoms with E-state index >= 15 is 0 Å². The fourth-order valence-corrected chi connectivity index (χ4v) is 5.64. The average molecular weight is 623 g/mol. The van der Waals surface area contributed by atoms with Crippen LogP contribution in [0.2, 0.25) is 0 Å². The second kappa shape index (κ2) is 12.2. The zero-order chi connectivity index (χ0) is 22.5. The molecule has 0 aliphatic heterocycles. The standard InChI is InChI=1S/C18H16N.C11H20O2.Ir/c1-13(2)15-9-6-10-17-16(15)11-12-19-18(17)14-7-4-3-5-8-14;12-9-6-2-1-4-8-5-3-7-10(13)11(8)9;/h3-7,9-13H,1-2H3;8-13H,1-7H2;/q-1;;. The third kappa shape index (κ3) is 6.11. The Morgan fingerprint density at radius 1 is 0.848 bits per heavy atom. The number of rotatable bonds is 2. The predicted molar refractivity (Wildman–Crippen MR) is 131 cm³/mol. The molecule has 0 bridgehead atoms. The van der Waals surface area contributed by atoms with Crippen molar-refractivity contribution in [3.63, 3.8) is 0 Å². The maximum Gasteiger partial charge on any atom is 0.0595 e. The van der Waals surface area contributed by atoms with Gasteiger partial charge in [0.2, 0.25) is 0 Å². The van der Waals surface area contributed by atoms with Crippen LogP contribution in [0.15, 0.2) is 54.7 Å². The Bertz CT molecular complexity index is 1010. The van der Waals surface area contributed by atoms with Crippen LogP contribution in [0.1, 0.15) is 70.3 Å². The van der Waals surface area contributed by atoms with Crippen molar-refractivity contribution in [1.29, 1.82) is 0 Å². The van der Waals surface area contributed by atoms with Gasteiger partial charge in [0.1, 0.15) is 0 Å². The summed E-state index contributed by atoms with van der Waals surface area (Å²) in [6.45, 7) is 4.45. The molecule has 3 nitrogen and oxygen atoms in total. The smallest absolute Gasteiger partial charge is 0.0595 e. The molecule has 2 aromatic carbocycles. The minimum Gasteiger partial charge on any atom is -0.393 e. The van der Waals surface area contributed by atoms with Gasteiger partial charge in [0.25, 0.3) is 0 Å². The van der Waals surface area contributed by atoms with Crippen molar-refractivity contribution < 1.29 is 30.3 Å². The number of pyridine rings is 1. The van der Waals surface area contributed by atoms with Gasteiger partial charge in [-0.25, -0.2) is 0 Å². The summed E-state index contributed by atoms with van der Waals surface area (Å²) in [5.74, 6) is 1.30. The van der Waals surface area contributed by atoms with E-state index in [1.165, 1.54) is 35.6 Å². The van der Waals surface area contributed by atoms with E-state index in [1.807, 2.05) is 24.4 Å². The molecule has 0 spiro atoms. The number of hydrogen-bond acceptors (Lipinski definition) is 3. The molecular formula is C29H36IrNO2-. The van der Waals surface area contributed by atoms with Gasteiger partial charge in [0, 0.05) is 32.2 Å². The van der Waals surface area contributed by atoms with Crippen LogP contribution in [0, 0.1) is 17.9 Å². The van der Waals surface area contributed by atoms with Crippen molar-refractivity contribution >= 4 is 10.8 Å². The molecule has 2 aliphatic carbocycles. The van der Waals surface area contributed by atoms with E-state index in [2.05, 4.69) is 55.2 Å². The largest absolute Gasteiger partial charge is 0.393 e. The van der Waals surface area contributed by atoms with E-state index in [0.717, 1.165) is 36.9 Å². The van der Waals surface area contributed by atoms with Crippen LogP contribution in [0.3, 0.4) is 0 Å². The Kier molecular flexibility index (Phi) is 9.64. The molecule has 0 amide bonds. The fourth-order valence-electron chi connectivity index (χ4n) is 5.64. The van der Waals surface area contributed by atoms with Gasteiger partial charge in [-0.05, 0) is 65.6 Å². The number of hydrogen-bond donors (Lipinski definition) is 2. The number of aromatic nitrogens is 1. The molecule has 2 saturated carbocycles. The Morgan fingerprint density at radius 2 is 1.58 bits per heavy atom. The Labute approximate surface area is 212 Å². The van der Waals surface area contributed by atoms with E-state index < -0.39 is 0 Å². The minimum atomic E-state index is -0.234. The number of aliphatic hydroxyl groups excluding tert-OH is 2. The van der Waals surface area contributed by atoms with Crippen molar-refractivity contribution in [3.05, 3.63) is 66.4 Å². The van der Waals surface area contributed by atoms with Gasteiger partial charge >= 0.3 is 0 Å². The van der Waals surface area contributed by atoms with Crippen LogP contribution in [0.5, 0.6) is 0 Å². The summed E-state index contributed by atoms with van der Waals surface area (Å²) in [5, 5.41) is 22.2. The molecule has 4 heteroatoms. The summed E-state index contributed by atoms with van der Waals surface area (Å²) < 4.78 is 0. The molecule has 2 fully saturated rings. The van der Waals surface area contributed by atoms with E-state index in [9.17, 15) is 10.2 Å². The summed E-state index contributed by atoms with van der Waals surface area (Å²) >= 11 is 0. The second-order valence-electron chi connectivity index (χ2n) is 9.72. The third-order valence-electron chi connectivity index (χ3n) is 7.26. The maximum absolute atomic E-state index is 9.89. The second-order valence-corrected chi connectivity index (χ2v) is 9.72. The van der Waals surface area contributed by atoms with E-state index in [-0.39, 0.29) is 38.2 Å². The van der Waals surface area contributed by atoms with Crippen molar-refractivity contribution in [2.75, 3.05) is 0 Å². The topological polar surface area (TPSA) is 53.4 Å². The normalized spacial score (nSPS) is 24.8. The van der Waals surface area contributed by atoms with Gasteiger partial charge in [-0.3, -0.25) is 0 Å². The molecule has 0 saturated heterocycles. The van der Waals surface area contributed by atoms with Gasteiger partial charge in [0.15, 0.2) is 0 Å². The van der Waals surface area contributed by atoms with Crippen LogP contribution in [0.4, 0.5) is 0 Å². The predicted octanol–water partition coefficient (Wildman–Crippen LogP) is 6.52. The number of aliphatic hydroxyl groups is 2. The summed E-state index contributed by atoms with van der Waals surface area (Å²) in [4.78, 5) is 4.55. The maximum atomic E-state index is 9.89. The molecule has 1 heterocycles. The van der Waals surface area contributed by atoms with E-state index in [1.54, 1.807) is 0 Å². The van der Waals surface area contributed by atoms with Crippen LogP contribution < -0.4 is 0 Å². The summed E-state index contributed by atoms with van der Waals surface area (Å²) in [5.41, 5.74) is 3.44. The van der Waals surface area contributed by atoms with Gasteiger partial charge < -0.3 is 15.2 Å². The minimum absolute atomic E-state index is 0. The summed E-state index contributed by atoms with van der Waals surface area (Å²) in [7, 11) is 0. The first-order valence-corrected chi connectivity index (χ1v) is 12.3. The molecule has 2 aliphatic rings. The summed E-state index contributed by atoms with van der Waals surface area (Å²) in [6.07, 6.45) is 9.20. The van der Waals surface area contributed by atoms with Crippen molar-refractivity contribution in [2.45, 2.75) is 76.9 Å². The summed E-state index contributed by atoms with van der Waals surface area (Å²) in [6, 6.07) is 19.8. The fraction of sp³-hybridized carbons (Fsp3) is 0.483. The van der Waals surface area contributed by atoms with Crippen molar-refractivity contribution in [2.24, 2.45) is 11.8 Å². The number of nitrogens with zero attached hydrogens (tertiary/aromatic N) is 1. The van der Waals surface area contributed by atoms with Crippen LogP contribution in [0.25, 0.3) is 22.0 Å². The first-order chi connectivity index (χ1) is 15.6. The van der Waals surface area contributed by atoms with Gasteiger partial charge in [-0.2, -0.15) is 0 Å². The molecular weight excluding hydrogens is 587 g/mol. The van der Waals surface area contributed by atoms with Crippen LogP contribution >= 0.6 is 0 Å². The Morgan fingerprint density at radius 3 is 2.30 bits per heavy atom. The van der Waals surface area contributed by atoms with Crippen molar-refractivity contribution in [3.8, 4) is 11.3 Å². The molecule has 1 aromatic heterocycles. The van der Waals surface area contributed by atoms with E-state index in [0.29, 0.717) is 11.8 Å². The third-order valence-corrected chi connectivity index (χ3v) is 7.26. The molecule has 2 N–H and O–H groups in total. The molecule has 4 atom stereocenters. The first kappa shape index (κ1) is 26.0. The van der Waals surface area contributed by atoms with Gasteiger partial charge in [-0.15, -0.1) is 35.9 Å². The zero-order valence-corrected chi connectivity index (χ0v) is 22.1. The molecule has 179 valence electrons. The molecule has 3 aromatic rings. The average Bonchev–Trinajstić information content (AvgIpc) is 3.01. The van der Waals surface area contributed by atoms with Crippen molar-refractivity contribution in [1.82, 2.24) is 4.98 Å². The molecule has 5 rings (SSSR count). The zero-order valence-electron chi connectivity index (χ0n) is 19.7. The van der Waals surface area contributed by atoms with Crippen LogP contribution in [-0.4, -0.2) is 27.4 Å². The molecule has 33 heavy (non-hydrogen) atoms. The number of benzene rings is 2. The molecule has 4 unspecified atom stereocenters. The monoisotopic (exact) mass is 623 g/mol. The van der Waals surface area contributed by atoms with Gasteiger partial charge in [-0.1, -0.05) is 51.3 Å². The molecule has 1 radical (unpaired) electrons. The van der Waals surface area contributed by atoms with Gasteiger partial charge in [0.05, 0.1) is 12.2 Å².